The van der Waals surface area contributed by atoms with Crippen molar-refractivity contribution in [2.45, 2.75) is 32.6 Å². The second-order valence-electron chi connectivity index (χ2n) is 9.02. The average Bonchev–Trinajstić information content (AvgIpc) is 2.85. The second kappa shape index (κ2) is 9.79. The first kappa shape index (κ1) is 21.7. The molecule has 5 rings (SSSR count). The van der Waals surface area contributed by atoms with Gasteiger partial charge in [0.15, 0.2) is 0 Å². The first-order chi connectivity index (χ1) is 16.2. The summed E-state index contributed by atoms with van der Waals surface area (Å²) in [6, 6.07) is 15.2. The van der Waals surface area contributed by atoms with Gasteiger partial charge in [0.2, 0.25) is 11.8 Å². The Morgan fingerprint density at radius 2 is 1.82 bits per heavy atom. The topological polar surface area (TPSA) is 57.7 Å². The Bertz CT molecular complexity index is 1130. The zero-order valence-electron chi connectivity index (χ0n) is 19.3. The summed E-state index contributed by atoms with van der Waals surface area (Å²) in [6.07, 6.45) is 5.23. The van der Waals surface area contributed by atoms with Crippen molar-refractivity contribution in [3.63, 3.8) is 0 Å². The molecule has 0 aliphatic carbocycles. The van der Waals surface area contributed by atoms with E-state index in [4.69, 9.17) is 4.74 Å². The van der Waals surface area contributed by atoms with Gasteiger partial charge < -0.3 is 15.0 Å². The number of aryl methyl sites for hydroxylation is 1. The molecule has 1 saturated heterocycles. The largest absolute Gasteiger partial charge is 0.477 e. The molecule has 33 heavy (non-hydrogen) atoms. The van der Waals surface area contributed by atoms with Crippen LogP contribution in [-0.2, 0) is 11.2 Å². The van der Waals surface area contributed by atoms with Crippen LogP contribution in [0.4, 0.5) is 11.4 Å². The summed E-state index contributed by atoms with van der Waals surface area (Å²) in [5.41, 5.74) is 4.28. The van der Waals surface area contributed by atoms with E-state index in [0.717, 1.165) is 68.8 Å². The van der Waals surface area contributed by atoms with E-state index in [9.17, 15) is 4.79 Å². The Labute approximate surface area is 195 Å². The summed E-state index contributed by atoms with van der Waals surface area (Å²) in [5.74, 6) is 0.711. The molecule has 1 N–H and O–H groups in total. The number of amides is 1. The number of benzene rings is 2. The number of piperazine rings is 1. The van der Waals surface area contributed by atoms with Crippen molar-refractivity contribution in [1.29, 1.82) is 0 Å². The number of carbonyl (C=O) groups is 1. The number of nitrogens with zero attached hydrogens (tertiary/aromatic N) is 3. The van der Waals surface area contributed by atoms with Crippen molar-refractivity contribution in [1.82, 2.24) is 9.88 Å². The molecular weight excluding hydrogens is 412 g/mol. The van der Waals surface area contributed by atoms with Crippen LogP contribution in [0.2, 0.25) is 0 Å². The maximum atomic E-state index is 11.7. The number of carbonyl (C=O) groups excluding carboxylic acids is 1. The molecule has 1 aromatic heterocycles. The van der Waals surface area contributed by atoms with Crippen molar-refractivity contribution in [3.05, 3.63) is 59.8 Å². The van der Waals surface area contributed by atoms with Crippen LogP contribution in [0, 0.1) is 6.92 Å². The predicted octanol–water partition coefficient (Wildman–Crippen LogP) is 4.41. The fourth-order valence-corrected chi connectivity index (χ4v) is 4.91. The third-order valence-electron chi connectivity index (χ3n) is 6.83. The zero-order valence-corrected chi connectivity index (χ0v) is 19.3. The van der Waals surface area contributed by atoms with Crippen LogP contribution in [0.3, 0.4) is 0 Å². The summed E-state index contributed by atoms with van der Waals surface area (Å²) < 4.78 is 5.95. The summed E-state index contributed by atoms with van der Waals surface area (Å²) in [7, 11) is 0. The molecule has 2 aromatic carbocycles. The van der Waals surface area contributed by atoms with Crippen molar-refractivity contribution >= 4 is 28.1 Å². The van der Waals surface area contributed by atoms with E-state index in [2.05, 4.69) is 62.6 Å². The quantitative estimate of drug-likeness (QED) is 0.547. The van der Waals surface area contributed by atoms with Gasteiger partial charge in [-0.3, -0.25) is 9.69 Å². The van der Waals surface area contributed by atoms with Crippen LogP contribution in [0.25, 0.3) is 10.8 Å². The fourth-order valence-electron chi connectivity index (χ4n) is 4.91. The van der Waals surface area contributed by atoms with E-state index in [0.29, 0.717) is 18.9 Å². The van der Waals surface area contributed by atoms with Crippen LogP contribution in [0.5, 0.6) is 5.88 Å². The monoisotopic (exact) mass is 444 g/mol. The highest BCUT2D eigenvalue weighted by molar-refractivity contribution is 5.95. The lowest BCUT2D eigenvalue weighted by atomic mass is 10.0. The second-order valence-corrected chi connectivity index (χ2v) is 9.02. The molecule has 2 aliphatic heterocycles. The normalized spacial score (nSPS) is 16.5. The minimum absolute atomic E-state index is 0.0725. The maximum Gasteiger partial charge on any atom is 0.224 e. The first-order valence-corrected chi connectivity index (χ1v) is 12.1. The minimum atomic E-state index is 0.0725. The Hall–Kier alpha value is -3.12. The maximum absolute atomic E-state index is 11.7. The van der Waals surface area contributed by atoms with Crippen LogP contribution in [-0.4, -0.2) is 55.1 Å². The number of anilines is 2. The number of nitrogens with one attached hydrogen (secondary N) is 1. The highest BCUT2D eigenvalue weighted by Gasteiger charge is 2.20. The van der Waals surface area contributed by atoms with Gasteiger partial charge in [0, 0.05) is 55.4 Å². The van der Waals surface area contributed by atoms with Crippen LogP contribution < -0.4 is 15.0 Å². The average molecular weight is 445 g/mol. The summed E-state index contributed by atoms with van der Waals surface area (Å²) in [5, 5.41) is 5.62. The third-order valence-corrected chi connectivity index (χ3v) is 6.83. The smallest absolute Gasteiger partial charge is 0.224 e. The van der Waals surface area contributed by atoms with E-state index < -0.39 is 0 Å². The number of unbranched alkanes of at least 4 members (excludes halogenated alkanes) is 1. The Morgan fingerprint density at radius 3 is 2.70 bits per heavy atom. The molecule has 3 aromatic rings. The van der Waals surface area contributed by atoms with E-state index in [-0.39, 0.29) is 5.91 Å². The van der Waals surface area contributed by atoms with Gasteiger partial charge in [0.05, 0.1) is 12.3 Å². The van der Waals surface area contributed by atoms with Crippen molar-refractivity contribution in [2.75, 3.05) is 49.5 Å². The lowest BCUT2D eigenvalue weighted by molar-refractivity contribution is -0.116. The molecule has 0 saturated carbocycles. The standard InChI is InChI=1S/C27H32N4O2/c1-20-26-22(11-12-25(32)29-26)19-28-27(20)33-18-5-4-13-30-14-16-31(17-15-30)24-10-6-8-21-7-2-3-9-23(21)24/h2-3,6-10,19H,4-5,11-18H2,1H3,(H,29,32). The van der Waals surface area contributed by atoms with Crippen LogP contribution in [0.15, 0.2) is 48.7 Å². The lowest BCUT2D eigenvalue weighted by Crippen LogP contribution is -2.46. The number of hydrogen-bond donors (Lipinski definition) is 1. The molecule has 0 bridgehead atoms. The summed E-state index contributed by atoms with van der Waals surface area (Å²) >= 11 is 0. The van der Waals surface area contributed by atoms with Gasteiger partial charge in [-0.15, -0.1) is 0 Å². The summed E-state index contributed by atoms with van der Waals surface area (Å²) in [4.78, 5) is 21.3. The van der Waals surface area contributed by atoms with Crippen LogP contribution in [0.1, 0.15) is 30.4 Å². The van der Waals surface area contributed by atoms with Gasteiger partial charge in [-0.2, -0.15) is 0 Å². The van der Waals surface area contributed by atoms with Crippen molar-refractivity contribution in [2.24, 2.45) is 0 Å². The molecule has 0 spiro atoms. The Kier molecular flexibility index (Phi) is 6.44. The molecule has 0 unspecified atom stereocenters. The summed E-state index contributed by atoms with van der Waals surface area (Å²) in [6.45, 7) is 8.03. The SMILES string of the molecule is Cc1c(OCCCCN2CCN(c3cccc4ccccc34)CC2)ncc2c1NC(=O)CC2. The van der Waals surface area contributed by atoms with Gasteiger partial charge in [-0.05, 0) is 49.7 Å². The fraction of sp³-hybridized carbons (Fsp3) is 0.407. The Balaban J connectivity index is 1.06. The molecule has 6 heteroatoms. The van der Waals surface area contributed by atoms with E-state index >= 15 is 0 Å². The predicted molar refractivity (Wildman–Crippen MR) is 133 cm³/mol. The lowest BCUT2D eigenvalue weighted by Gasteiger charge is -2.36. The van der Waals surface area contributed by atoms with Crippen molar-refractivity contribution < 1.29 is 9.53 Å². The van der Waals surface area contributed by atoms with Gasteiger partial charge in [0.1, 0.15) is 0 Å². The molecule has 1 fully saturated rings. The number of hydrogen-bond acceptors (Lipinski definition) is 5. The van der Waals surface area contributed by atoms with Gasteiger partial charge in [0.25, 0.3) is 0 Å². The van der Waals surface area contributed by atoms with Gasteiger partial charge >= 0.3 is 0 Å². The van der Waals surface area contributed by atoms with E-state index in [1.165, 1.54) is 16.5 Å². The first-order valence-electron chi connectivity index (χ1n) is 12.1. The van der Waals surface area contributed by atoms with Crippen LogP contribution >= 0.6 is 0 Å². The minimum Gasteiger partial charge on any atom is -0.477 e. The molecule has 3 heterocycles. The van der Waals surface area contributed by atoms with Gasteiger partial charge in [-0.25, -0.2) is 4.98 Å². The molecule has 0 radical (unpaired) electrons. The molecule has 1 amide bonds. The zero-order chi connectivity index (χ0) is 22.6. The molecule has 2 aliphatic rings. The number of rotatable bonds is 7. The highest BCUT2D eigenvalue weighted by atomic mass is 16.5. The molecular formula is C27H32N4O2. The van der Waals surface area contributed by atoms with E-state index in [1.54, 1.807) is 0 Å². The Morgan fingerprint density at radius 1 is 1.00 bits per heavy atom. The molecule has 172 valence electrons. The van der Waals surface area contributed by atoms with Gasteiger partial charge in [-0.1, -0.05) is 36.4 Å². The van der Waals surface area contributed by atoms with Crippen molar-refractivity contribution in [3.8, 4) is 5.88 Å². The molecule has 6 nitrogen and oxygen atoms in total. The highest BCUT2D eigenvalue weighted by Crippen LogP contribution is 2.31. The van der Waals surface area contributed by atoms with E-state index in [1.807, 2.05) is 13.1 Å². The number of fused-ring (bicyclic) bond motifs is 2. The third kappa shape index (κ3) is 4.81. The molecule has 0 atom stereocenters. The number of ether oxygens (including phenoxy) is 1. The number of pyridine rings is 1. The number of aromatic nitrogens is 1.